The van der Waals surface area contributed by atoms with Crippen molar-refractivity contribution in [1.29, 1.82) is 0 Å². The van der Waals surface area contributed by atoms with Gasteiger partial charge < -0.3 is 19.9 Å². The molecule has 0 aliphatic heterocycles. The van der Waals surface area contributed by atoms with E-state index in [9.17, 15) is 9.90 Å². The smallest absolute Gasteiger partial charge is 0.258 e. The number of ether oxygens (including phenoxy) is 2. The topological polar surface area (TPSA) is 67.8 Å². The van der Waals surface area contributed by atoms with Crippen molar-refractivity contribution in [3.8, 4) is 5.75 Å². The van der Waals surface area contributed by atoms with Crippen LogP contribution in [0.15, 0.2) is 28.7 Å². The summed E-state index contributed by atoms with van der Waals surface area (Å²) in [6, 6.07) is 7.25. The Morgan fingerprint density at radius 2 is 2.25 bits per heavy atom. The number of hydrogen-bond acceptors (Lipinski definition) is 4. The second-order valence-electron chi connectivity index (χ2n) is 4.76. The Bertz CT molecular complexity index is 437. The predicted octanol–water partition coefficient (Wildman–Crippen LogP) is 1.73. The van der Waals surface area contributed by atoms with Crippen LogP contribution in [0.1, 0.15) is 13.3 Å². The quantitative estimate of drug-likeness (QED) is 0.752. The number of carbonyl (C=O) groups excluding carboxylic acids is 1. The van der Waals surface area contributed by atoms with Gasteiger partial charge in [0.15, 0.2) is 6.61 Å². The van der Waals surface area contributed by atoms with Gasteiger partial charge >= 0.3 is 0 Å². The van der Waals surface area contributed by atoms with E-state index in [1.54, 1.807) is 26.2 Å². The van der Waals surface area contributed by atoms with Crippen molar-refractivity contribution in [3.63, 3.8) is 0 Å². The van der Waals surface area contributed by atoms with Crippen LogP contribution >= 0.6 is 15.9 Å². The summed E-state index contributed by atoms with van der Waals surface area (Å²) in [7, 11) is 1.57. The maximum atomic E-state index is 11.6. The molecule has 0 spiro atoms. The summed E-state index contributed by atoms with van der Waals surface area (Å²) < 4.78 is 11.1. The first-order chi connectivity index (χ1) is 9.43. The number of aliphatic hydroxyl groups is 1. The lowest BCUT2D eigenvalue weighted by atomic mass is 10.0. The van der Waals surface area contributed by atoms with Crippen molar-refractivity contribution in [2.45, 2.75) is 18.9 Å². The van der Waals surface area contributed by atoms with Crippen LogP contribution < -0.4 is 10.1 Å². The summed E-state index contributed by atoms with van der Waals surface area (Å²) in [5, 5.41) is 12.6. The fourth-order valence-corrected chi connectivity index (χ4v) is 1.83. The zero-order valence-corrected chi connectivity index (χ0v) is 13.3. The highest BCUT2D eigenvalue weighted by atomic mass is 79.9. The van der Waals surface area contributed by atoms with E-state index in [0.717, 1.165) is 4.47 Å². The first kappa shape index (κ1) is 16.9. The number of rotatable bonds is 8. The highest BCUT2D eigenvalue weighted by Crippen LogP contribution is 2.17. The van der Waals surface area contributed by atoms with Crippen molar-refractivity contribution < 1.29 is 19.4 Å². The first-order valence-corrected chi connectivity index (χ1v) is 7.09. The summed E-state index contributed by atoms with van der Waals surface area (Å²) in [4.78, 5) is 11.6. The van der Waals surface area contributed by atoms with Crippen LogP contribution in [-0.2, 0) is 9.53 Å². The van der Waals surface area contributed by atoms with Gasteiger partial charge in [-0.3, -0.25) is 4.79 Å². The Morgan fingerprint density at radius 1 is 1.50 bits per heavy atom. The molecule has 6 heteroatoms. The summed E-state index contributed by atoms with van der Waals surface area (Å²) in [5.74, 6) is 0.336. The summed E-state index contributed by atoms with van der Waals surface area (Å²) in [6.07, 6.45) is 0.455. The monoisotopic (exact) mass is 345 g/mol. The molecule has 0 fully saturated rings. The third-order valence-electron chi connectivity index (χ3n) is 2.68. The molecule has 0 saturated carbocycles. The van der Waals surface area contributed by atoms with Crippen LogP contribution in [0.25, 0.3) is 0 Å². The zero-order chi connectivity index (χ0) is 15.0. The average Bonchev–Trinajstić information content (AvgIpc) is 2.41. The maximum absolute atomic E-state index is 11.6. The Labute approximate surface area is 127 Å². The van der Waals surface area contributed by atoms with Crippen molar-refractivity contribution in [2.75, 3.05) is 26.9 Å². The van der Waals surface area contributed by atoms with Crippen molar-refractivity contribution in [2.24, 2.45) is 0 Å². The Morgan fingerprint density at radius 3 is 2.90 bits per heavy atom. The lowest BCUT2D eigenvalue weighted by Gasteiger charge is -2.23. The van der Waals surface area contributed by atoms with E-state index in [2.05, 4.69) is 21.2 Å². The van der Waals surface area contributed by atoms with Crippen LogP contribution in [0.2, 0.25) is 0 Å². The fraction of sp³-hybridized carbons (Fsp3) is 0.500. The summed E-state index contributed by atoms with van der Waals surface area (Å²) >= 11 is 3.32. The molecule has 1 rings (SSSR count). The molecule has 1 unspecified atom stereocenters. The minimum Gasteiger partial charge on any atom is -0.484 e. The number of halogens is 1. The number of carbonyl (C=O) groups is 1. The molecule has 0 aliphatic carbocycles. The van der Waals surface area contributed by atoms with Gasteiger partial charge in [-0.2, -0.15) is 0 Å². The molecule has 0 aliphatic rings. The van der Waals surface area contributed by atoms with Crippen LogP contribution in [0.3, 0.4) is 0 Å². The van der Waals surface area contributed by atoms with Crippen molar-refractivity contribution in [1.82, 2.24) is 5.32 Å². The molecule has 0 saturated heterocycles. The number of nitrogens with one attached hydrogen (secondary N) is 1. The Kier molecular flexibility index (Phi) is 6.98. The van der Waals surface area contributed by atoms with Gasteiger partial charge in [0, 0.05) is 31.2 Å². The van der Waals surface area contributed by atoms with Gasteiger partial charge in [0.05, 0.1) is 5.60 Å². The van der Waals surface area contributed by atoms with Crippen LogP contribution in [0.4, 0.5) is 0 Å². The van der Waals surface area contributed by atoms with Gasteiger partial charge in [-0.1, -0.05) is 22.0 Å². The second-order valence-corrected chi connectivity index (χ2v) is 5.68. The van der Waals surface area contributed by atoms with E-state index in [1.807, 2.05) is 12.1 Å². The number of methoxy groups -OCH3 is 1. The molecule has 1 aromatic carbocycles. The molecule has 1 aromatic rings. The molecule has 0 heterocycles. The second kappa shape index (κ2) is 8.24. The molecular formula is C14H20BrNO4. The minimum absolute atomic E-state index is 0.0865. The molecule has 1 amide bonds. The number of amides is 1. The van der Waals surface area contributed by atoms with Crippen LogP contribution in [0.5, 0.6) is 5.75 Å². The molecule has 0 bridgehead atoms. The lowest BCUT2D eigenvalue weighted by molar-refractivity contribution is -0.124. The highest BCUT2D eigenvalue weighted by Gasteiger charge is 2.20. The van der Waals surface area contributed by atoms with Gasteiger partial charge in [0.25, 0.3) is 5.91 Å². The maximum Gasteiger partial charge on any atom is 0.258 e. The van der Waals surface area contributed by atoms with Gasteiger partial charge in [-0.15, -0.1) is 0 Å². The van der Waals surface area contributed by atoms with E-state index < -0.39 is 5.60 Å². The number of hydrogen-bond donors (Lipinski definition) is 2. The third-order valence-corrected chi connectivity index (χ3v) is 3.17. The predicted molar refractivity (Wildman–Crippen MR) is 79.8 cm³/mol. The molecule has 112 valence electrons. The first-order valence-electron chi connectivity index (χ1n) is 6.29. The van der Waals surface area contributed by atoms with E-state index in [1.165, 1.54) is 0 Å². The Hall–Kier alpha value is -1.11. The highest BCUT2D eigenvalue weighted by molar-refractivity contribution is 9.10. The summed E-state index contributed by atoms with van der Waals surface area (Å²) in [5.41, 5.74) is -0.985. The molecule has 1 atom stereocenters. The van der Waals surface area contributed by atoms with Gasteiger partial charge in [-0.25, -0.2) is 0 Å². The van der Waals surface area contributed by atoms with Gasteiger partial charge in [0.2, 0.25) is 0 Å². The largest absolute Gasteiger partial charge is 0.484 e. The van der Waals surface area contributed by atoms with Crippen molar-refractivity contribution >= 4 is 21.8 Å². The molecule has 20 heavy (non-hydrogen) atoms. The normalized spacial score (nSPS) is 13.6. The minimum atomic E-state index is -0.985. The standard InChI is InChI=1S/C14H20BrNO4/c1-14(18,6-7-19-2)10-16-13(17)9-20-12-5-3-4-11(15)8-12/h3-5,8,18H,6-7,9-10H2,1-2H3,(H,16,17). The van der Waals surface area contributed by atoms with E-state index in [-0.39, 0.29) is 19.1 Å². The molecular weight excluding hydrogens is 326 g/mol. The zero-order valence-electron chi connectivity index (χ0n) is 11.7. The van der Waals surface area contributed by atoms with Gasteiger partial charge in [0.1, 0.15) is 5.75 Å². The van der Waals surface area contributed by atoms with Gasteiger partial charge in [-0.05, 0) is 25.1 Å². The van der Waals surface area contributed by atoms with Crippen LogP contribution in [0, 0.1) is 0 Å². The van der Waals surface area contributed by atoms with E-state index >= 15 is 0 Å². The third kappa shape index (κ3) is 6.88. The lowest BCUT2D eigenvalue weighted by Crippen LogP contribution is -2.42. The molecule has 5 nitrogen and oxygen atoms in total. The molecule has 0 aromatic heterocycles. The van der Waals surface area contributed by atoms with E-state index in [0.29, 0.717) is 18.8 Å². The van der Waals surface area contributed by atoms with Crippen LogP contribution in [-0.4, -0.2) is 43.5 Å². The summed E-state index contributed by atoms with van der Waals surface area (Å²) in [6.45, 7) is 2.17. The van der Waals surface area contributed by atoms with E-state index in [4.69, 9.17) is 9.47 Å². The fourth-order valence-electron chi connectivity index (χ4n) is 1.46. The number of benzene rings is 1. The molecule has 0 radical (unpaired) electrons. The average molecular weight is 346 g/mol. The Balaban J connectivity index is 2.30. The SMILES string of the molecule is COCCC(C)(O)CNC(=O)COc1cccc(Br)c1. The molecule has 2 N–H and O–H groups in total. The van der Waals surface area contributed by atoms with Crippen molar-refractivity contribution in [3.05, 3.63) is 28.7 Å².